The van der Waals surface area contributed by atoms with E-state index in [0.29, 0.717) is 39.2 Å². The second kappa shape index (κ2) is 5.00. The Kier molecular flexibility index (Phi) is 3.59. The molecule has 0 saturated carbocycles. The lowest BCUT2D eigenvalue weighted by molar-refractivity contribution is 0.112. The van der Waals surface area contributed by atoms with Crippen LogP contribution >= 0.6 is 23.2 Å². The third-order valence-corrected chi connectivity index (χ3v) is 3.26. The zero-order valence-electron chi connectivity index (χ0n) is 9.78. The Bertz CT molecular complexity index is 608. The predicted molar refractivity (Wildman–Crippen MR) is 69.9 cm³/mol. The molecule has 0 bridgehead atoms. The van der Waals surface area contributed by atoms with E-state index in [4.69, 9.17) is 27.9 Å². The number of ether oxygens (including phenoxy) is 1. The largest absolute Gasteiger partial charge is 0.437 e. The molecule has 0 N–H and O–H groups in total. The first kappa shape index (κ1) is 12.9. The van der Waals surface area contributed by atoms with Gasteiger partial charge in [-0.3, -0.25) is 4.79 Å². The summed E-state index contributed by atoms with van der Waals surface area (Å²) in [6.07, 6.45) is 0.704. The predicted octanol–water partition coefficient (Wildman–Crippen LogP) is 3.64. The van der Waals surface area contributed by atoms with E-state index in [0.717, 1.165) is 0 Å². The Hall–Kier alpha value is -1.52. The van der Waals surface area contributed by atoms with Crippen molar-refractivity contribution in [1.29, 1.82) is 0 Å². The molecule has 0 fully saturated rings. The van der Waals surface area contributed by atoms with E-state index in [1.807, 2.05) is 0 Å². The van der Waals surface area contributed by atoms with Crippen LogP contribution < -0.4 is 4.74 Å². The average Bonchev–Trinajstić information content (AvgIpc) is 2.59. The normalized spacial score (nSPS) is 10.4. The van der Waals surface area contributed by atoms with E-state index in [1.54, 1.807) is 32.2 Å². The van der Waals surface area contributed by atoms with Crippen LogP contribution in [0.2, 0.25) is 10.0 Å². The van der Waals surface area contributed by atoms with Crippen molar-refractivity contribution >= 4 is 29.5 Å². The summed E-state index contributed by atoms with van der Waals surface area (Å²) in [4.78, 5) is 11.0. The van der Waals surface area contributed by atoms with E-state index in [9.17, 15) is 4.79 Å². The molecule has 0 aliphatic rings. The van der Waals surface area contributed by atoms with Crippen molar-refractivity contribution in [3.63, 3.8) is 0 Å². The molecule has 1 heterocycles. The monoisotopic (exact) mass is 284 g/mol. The molecule has 0 aliphatic carbocycles. The smallest absolute Gasteiger partial charge is 0.228 e. The van der Waals surface area contributed by atoms with Gasteiger partial charge in [-0.15, -0.1) is 0 Å². The van der Waals surface area contributed by atoms with E-state index in [2.05, 4.69) is 5.10 Å². The van der Waals surface area contributed by atoms with Crippen LogP contribution in [0.5, 0.6) is 11.6 Å². The molecular weight excluding hydrogens is 275 g/mol. The molecule has 1 aromatic carbocycles. The number of rotatable bonds is 3. The average molecular weight is 285 g/mol. The molecule has 0 saturated heterocycles. The first-order valence-corrected chi connectivity index (χ1v) is 5.90. The van der Waals surface area contributed by atoms with Crippen LogP contribution in [-0.4, -0.2) is 16.1 Å². The Morgan fingerprint density at radius 2 is 2.11 bits per heavy atom. The number of nitrogens with zero attached hydrogens (tertiary/aromatic N) is 2. The van der Waals surface area contributed by atoms with Crippen LogP contribution in [0.4, 0.5) is 0 Å². The lowest BCUT2D eigenvalue weighted by atomic mass is 10.3. The minimum atomic E-state index is 0.301. The number of hydrogen-bond donors (Lipinski definition) is 0. The molecule has 2 aromatic rings. The van der Waals surface area contributed by atoms with Gasteiger partial charge < -0.3 is 4.74 Å². The highest BCUT2D eigenvalue weighted by Crippen LogP contribution is 2.35. The molecule has 0 atom stereocenters. The van der Waals surface area contributed by atoms with Crippen LogP contribution in [0.15, 0.2) is 18.2 Å². The number of benzene rings is 1. The first-order valence-electron chi connectivity index (χ1n) is 5.15. The van der Waals surface area contributed by atoms with E-state index in [-0.39, 0.29) is 0 Å². The van der Waals surface area contributed by atoms with E-state index < -0.39 is 0 Å². The number of aldehydes is 1. The minimum Gasteiger partial charge on any atom is -0.437 e. The molecule has 0 aliphatic heterocycles. The van der Waals surface area contributed by atoms with Gasteiger partial charge >= 0.3 is 0 Å². The quantitative estimate of drug-likeness (QED) is 0.809. The van der Waals surface area contributed by atoms with Gasteiger partial charge in [0.15, 0.2) is 6.29 Å². The molecule has 0 radical (unpaired) electrons. The van der Waals surface area contributed by atoms with Crippen molar-refractivity contribution < 1.29 is 9.53 Å². The van der Waals surface area contributed by atoms with Crippen molar-refractivity contribution in [2.24, 2.45) is 7.05 Å². The van der Waals surface area contributed by atoms with E-state index in [1.165, 1.54) is 4.68 Å². The lowest BCUT2D eigenvalue weighted by Crippen LogP contribution is -1.97. The molecule has 0 amide bonds. The summed E-state index contributed by atoms with van der Waals surface area (Å²) in [5.74, 6) is 0.724. The number of carbonyl (C=O) groups excluding carboxylic acids is 1. The zero-order chi connectivity index (χ0) is 13.3. The Balaban J connectivity index is 2.46. The second-order valence-electron chi connectivity index (χ2n) is 3.70. The zero-order valence-corrected chi connectivity index (χ0v) is 11.3. The summed E-state index contributed by atoms with van der Waals surface area (Å²) in [5.41, 5.74) is 0.995. The maximum Gasteiger partial charge on any atom is 0.228 e. The third-order valence-electron chi connectivity index (χ3n) is 2.45. The second-order valence-corrected chi connectivity index (χ2v) is 4.48. The molecule has 0 spiro atoms. The highest BCUT2D eigenvalue weighted by molar-refractivity contribution is 6.42. The minimum absolute atomic E-state index is 0.301. The molecule has 94 valence electrons. The van der Waals surface area contributed by atoms with E-state index >= 15 is 0 Å². The van der Waals surface area contributed by atoms with Crippen LogP contribution in [-0.2, 0) is 7.05 Å². The van der Waals surface area contributed by atoms with Crippen LogP contribution in [0.1, 0.15) is 16.1 Å². The summed E-state index contributed by atoms with van der Waals surface area (Å²) < 4.78 is 7.10. The Labute approximate surface area is 114 Å². The molecular formula is C12H10Cl2N2O2. The fourth-order valence-electron chi connectivity index (χ4n) is 1.58. The summed E-state index contributed by atoms with van der Waals surface area (Å²) >= 11 is 11.9. The van der Waals surface area contributed by atoms with Gasteiger partial charge in [0, 0.05) is 7.05 Å². The summed E-state index contributed by atoms with van der Waals surface area (Å²) in [5, 5.41) is 4.80. The van der Waals surface area contributed by atoms with Gasteiger partial charge in [0.25, 0.3) is 0 Å². The summed E-state index contributed by atoms with van der Waals surface area (Å²) in [6.45, 7) is 1.73. The van der Waals surface area contributed by atoms with Crippen molar-refractivity contribution in [3.05, 3.63) is 39.5 Å². The van der Waals surface area contributed by atoms with Gasteiger partial charge in [-0.05, 0) is 19.1 Å². The Morgan fingerprint density at radius 1 is 1.39 bits per heavy atom. The highest BCUT2D eigenvalue weighted by atomic mass is 35.5. The van der Waals surface area contributed by atoms with Gasteiger partial charge in [0.1, 0.15) is 10.8 Å². The number of halogens is 2. The number of hydrogen-bond acceptors (Lipinski definition) is 3. The van der Waals surface area contributed by atoms with Gasteiger partial charge in [0.2, 0.25) is 5.88 Å². The van der Waals surface area contributed by atoms with Gasteiger partial charge in [-0.25, -0.2) is 4.68 Å². The molecule has 18 heavy (non-hydrogen) atoms. The van der Waals surface area contributed by atoms with Crippen molar-refractivity contribution in [3.8, 4) is 11.6 Å². The van der Waals surface area contributed by atoms with Gasteiger partial charge in [-0.2, -0.15) is 5.10 Å². The standard InChI is InChI=1S/C12H10Cl2N2O2/c1-7-8(6-17)12(16(2)15-7)18-10-5-3-4-9(13)11(10)14/h3-6H,1-2H3. The highest BCUT2D eigenvalue weighted by Gasteiger charge is 2.16. The van der Waals surface area contributed by atoms with Crippen molar-refractivity contribution in [2.45, 2.75) is 6.92 Å². The van der Waals surface area contributed by atoms with Crippen LogP contribution in [0.3, 0.4) is 0 Å². The molecule has 2 rings (SSSR count). The number of aromatic nitrogens is 2. The SMILES string of the molecule is Cc1nn(C)c(Oc2cccc(Cl)c2Cl)c1C=O. The van der Waals surface area contributed by atoms with Gasteiger partial charge in [-0.1, -0.05) is 29.3 Å². The number of carbonyl (C=O) groups is 1. The molecule has 0 unspecified atom stereocenters. The maximum absolute atomic E-state index is 11.0. The van der Waals surface area contributed by atoms with Gasteiger partial charge in [0.05, 0.1) is 16.3 Å². The third kappa shape index (κ3) is 2.21. The van der Waals surface area contributed by atoms with Crippen molar-refractivity contribution in [1.82, 2.24) is 9.78 Å². The lowest BCUT2D eigenvalue weighted by Gasteiger charge is -2.08. The van der Waals surface area contributed by atoms with Crippen LogP contribution in [0.25, 0.3) is 0 Å². The number of aryl methyl sites for hydroxylation is 2. The molecule has 1 aromatic heterocycles. The first-order chi connectivity index (χ1) is 8.54. The summed E-state index contributed by atoms with van der Waals surface area (Å²) in [6, 6.07) is 5.05. The topological polar surface area (TPSA) is 44.1 Å². The fraction of sp³-hybridized carbons (Fsp3) is 0.167. The van der Waals surface area contributed by atoms with Crippen molar-refractivity contribution in [2.75, 3.05) is 0 Å². The molecule has 6 heteroatoms. The summed E-state index contributed by atoms with van der Waals surface area (Å²) in [7, 11) is 1.69. The van der Waals surface area contributed by atoms with Crippen LogP contribution in [0, 0.1) is 6.92 Å². The fourth-order valence-corrected chi connectivity index (χ4v) is 1.91. The molecule has 4 nitrogen and oxygen atoms in total. The maximum atomic E-state index is 11.0. The Morgan fingerprint density at radius 3 is 2.78 bits per heavy atom.